The number of ketones is 5. The number of unbranched alkanes of at least 4 members (excludes halogenated alkanes) is 14. The van der Waals surface area contributed by atoms with Crippen LogP contribution in [0, 0.1) is 17.3 Å². The summed E-state index contributed by atoms with van der Waals surface area (Å²) in [6.45, 7) is 8.95. The fourth-order valence-corrected chi connectivity index (χ4v) is 7.98. The SMILES string of the molecule is CC(=O)CCCC(=O)[C@H](CCCCNC(=O)COCCOCCNC(=O)COCCOCCCC(=O)CC[C@H](CC(=O)CCCCCCCCCCCCCCCCC(=O)O)C(=O)O)CCC(=O)C(C)(C)C. The maximum atomic E-state index is 12.9. The van der Waals surface area contributed by atoms with Gasteiger partial charge in [0.2, 0.25) is 11.8 Å². The average Bonchev–Trinajstić information content (AvgIpc) is 3.31. The third-order valence-electron chi connectivity index (χ3n) is 12.5. The Morgan fingerprint density at radius 1 is 0.431 bits per heavy atom. The van der Waals surface area contributed by atoms with E-state index < -0.39 is 23.3 Å². The molecular weight excluding hydrogens is 929 g/mol. The fraction of sp³-hybridized carbons (Fsp3) is 0.836. The molecule has 2 atom stereocenters. The van der Waals surface area contributed by atoms with Crippen LogP contribution < -0.4 is 10.6 Å². The maximum Gasteiger partial charge on any atom is 0.306 e. The van der Waals surface area contributed by atoms with E-state index in [1.165, 1.54) is 51.9 Å². The molecule has 0 aromatic rings. The second kappa shape index (κ2) is 45.7. The van der Waals surface area contributed by atoms with Gasteiger partial charge in [0, 0.05) is 82.4 Å². The number of nitrogens with one attached hydrogen (secondary N) is 2. The van der Waals surface area contributed by atoms with Crippen LogP contribution in [0.2, 0.25) is 0 Å². The number of carboxylic acids is 2. The van der Waals surface area contributed by atoms with E-state index in [0.717, 1.165) is 44.9 Å². The number of amides is 2. The molecule has 2 amide bonds. The summed E-state index contributed by atoms with van der Waals surface area (Å²) in [6.07, 6.45) is 20.9. The van der Waals surface area contributed by atoms with Gasteiger partial charge in [0.05, 0.1) is 39.0 Å². The lowest BCUT2D eigenvalue weighted by Crippen LogP contribution is -2.31. The fourth-order valence-electron chi connectivity index (χ4n) is 7.98. The van der Waals surface area contributed by atoms with E-state index in [1.54, 1.807) is 0 Å². The first-order valence-electron chi connectivity index (χ1n) is 27.3. The number of Topliss-reactive ketones (excluding diaryl/α,β-unsaturated/α-hetero) is 5. The number of ether oxygens (including phenoxy) is 4. The van der Waals surface area contributed by atoms with E-state index in [2.05, 4.69) is 10.6 Å². The Bertz CT molecular complexity index is 1530. The van der Waals surface area contributed by atoms with Crippen LogP contribution in [0.1, 0.15) is 214 Å². The van der Waals surface area contributed by atoms with Gasteiger partial charge in [-0.25, -0.2) is 0 Å². The largest absolute Gasteiger partial charge is 0.481 e. The summed E-state index contributed by atoms with van der Waals surface area (Å²) in [5, 5.41) is 23.8. The van der Waals surface area contributed by atoms with E-state index >= 15 is 0 Å². The first kappa shape index (κ1) is 68.1. The summed E-state index contributed by atoms with van der Waals surface area (Å²) >= 11 is 0. The minimum absolute atomic E-state index is 0.0472. The molecule has 0 aliphatic rings. The molecule has 0 aromatic heterocycles. The molecular formula is C55H96N2O15. The highest BCUT2D eigenvalue weighted by molar-refractivity contribution is 5.86. The van der Waals surface area contributed by atoms with Crippen LogP contribution in [0.4, 0.5) is 0 Å². The smallest absolute Gasteiger partial charge is 0.306 e. The lowest BCUT2D eigenvalue weighted by Gasteiger charge is -2.20. The third kappa shape index (κ3) is 44.7. The van der Waals surface area contributed by atoms with Crippen molar-refractivity contribution in [1.29, 1.82) is 0 Å². The van der Waals surface area contributed by atoms with E-state index in [-0.39, 0.29) is 132 Å². The number of hydrogen-bond acceptors (Lipinski definition) is 13. The molecule has 0 radical (unpaired) electrons. The van der Waals surface area contributed by atoms with E-state index in [9.17, 15) is 48.3 Å². The van der Waals surface area contributed by atoms with Crippen molar-refractivity contribution in [2.24, 2.45) is 17.3 Å². The van der Waals surface area contributed by atoms with Crippen LogP contribution in [-0.4, -0.2) is 129 Å². The first-order chi connectivity index (χ1) is 34.4. The highest BCUT2D eigenvalue weighted by Crippen LogP contribution is 2.24. The zero-order valence-electron chi connectivity index (χ0n) is 44.9. The van der Waals surface area contributed by atoms with Gasteiger partial charge in [-0.1, -0.05) is 104 Å². The topological polar surface area (TPSA) is 255 Å². The molecule has 4 N–H and O–H groups in total. The van der Waals surface area contributed by atoms with Gasteiger partial charge in [-0.3, -0.25) is 38.4 Å². The molecule has 0 bridgehead atoms. The van der Waals surface area contributed by atoms with E-state index in [4.69, 9.17) is 24.1 Å². The Morgan fingerprint density at radius 3 is 1.44 bits per heavy atom. The number of carbonyl (C=O) groups excluding carboxylic acids is 7. The van der Waals surface area contributed by atoms with Crippen molar-refractivity contribution < 1.29 is 72.3 Å². The molecule has 0 fully saturated rings. The van der Waals surface area contributed by atoms with Gasteiger partial charge in [0.25, 0.3) is 0 Å². The molecule has 0 saturated carbocycles. The Morgan fingerprint density at radius 2 is 0.917 bits per heavy atom. The highest BCUT2D eigenvalue weighted by atomic mass is 16.5. The number of carbonyl (C=O) groups is 9. The second-order valence-corrected chi connectivity index (χ2v) is 20.3. The first-order valence-corrected chi connectivity index (χ1v) is 27.3. The standard InChI is InChI=1S/C55H96N2O15/c1-44(58)23-21-27-49(61)45(30-32-50(62)55(2,3)4)24-19-20-33-56-51(63)42-72-40-38-70-36-34-57-52(64)43-71-39-37-69-35-22-26-47(59)31-29-46(54(67)68)41-48(60)25-17-15-13-11-9-7-5-6-8-10-12-14-16-18-28-53(65)66/h45-46H,5-43H2,1-4H3,(H,56,63)(H,57,64)(H,65,66)(H,67,68)/t45-,46-/m1/s1. The normalized spacial score (nSPS) is 12.3. The van der Waals surface area contributed by atoms with Crippen LogP contribution in [0.3, 0.4) is 0 Å². The van der Waals surface area contributed by atoms with E-state index in [0.29, 0.717) is 77.4 Å². The van der Waals surface area contributed by atoms with Crippen molar-refractivity contribution in [2.45, 2.75) is 214 Å². The van der Waals surface area contributed by atoms with Crippen molar-refractivity contribution in [3.63, 3.8) is 0 Å². The minimum Gasteiger partial charge on any atom is -0.481 e. The molecule has 0 rings (SSSR count). The Kier molecular flexibility index (Phi) is 43.2. The zero-order chi connectivity index (χ0) is 53.7. The third-order valence-corrected chi connectivity index (χ3v) is 12.5. The second-order valence-electron chi connectivity index (χ2n) is 20.3. The maximum absolute atomic E-state index is 12.9. The van der Waals surface area contributed by atoms with Gasteiger partial charge in [-0.15, -0.1) is 0 Å². The zero-order valence-corrected chi connectivity index (χ0v) is 44.9. The van der Waals surface area contributed by atoms with Crippen LogP contribution >= 0.6 is 0 Å². The molecule has 0 saturated heterocycles. The molecule has 17 nitrogen and oxygen atoms in total. The summed E-state index contributed by atoms with van der Waals surface area (Å²) in [5.74, 6) is -3.33. The Hall–Kier alpha value is -3.93. The van der Waals surface area contributed by atoms with Gasteiger partial charge in [0.15, 0.2) is 0 Å². The molecule has 0 unspecified atom stereocenters. The van der Waals surface area contributed by atoms with Gasteiger partial charge in [-0.2, -0.15) is 0 Å². The average molecular weight is 1030 g/mol. The molecule has 416 valence electrons. The van der Waals surface area contributed by atoms with Gasteiger partial charge >= 0.3 is 11.9 Å². The van der Waals surface area contributed by atoms with Gasteiger partial charge in [0.1, 0.15) is 42.1 Å². The van der Waals surface area contributed by atoms with Crippen molar-refractivity contribution in [3.05, 3.63) is 0 Å². The molecule has 17 heteroatoms. The van der Waals surface area contributed by atoms with Crippen molar-refractivity contribution >= 4 is 52.7 Å². The van der Waals surface area contributed by atoms with Crippen molar-refractivity contribution in [3.8, 4) is 0 Å². The predicted molar refractivity (Wildman–Crippen MR) is 276 cm³/mol. The molecule has 0 heterocycles. The molecule has 72 heavy (non-hydrogen) atoms. The van der Waals surface area contributed by atoms with Crippen LogP contribution in [0.5, 0.6) is 0 Å². The number of rotatable bonds is 53. The number of aliphatic carboxylic acids is 2. The predicted octanol–water partition coefficient (Wildman–Crippen LogP) is 8.91. The highest BCUT2D eigenvalue weighted by Gasteiger charge is 2.25. The van der Waals surface area contributed by atoms with Crippen molar-refractivity contribution in [1.82, 2.24) is 10.6 Å². The van der Waals surface area contributed by atoms with Crippen LogP contribution in [-0.2, 0) is 62.1 Å². The van der Waals surface area contributed by atoms with Crippen LogP contribution in [0.25, 0.3) is 0 Å². The minimum atomic E-state index is -1.05. The van der Waals surface area contributed by atoms with Gasteiger partial charge < -0.3 is 44.6 Å². The monoisotopic (exact) mass is 1020 g/mol. The molecule has 0 spiro atoms. The Balaban J connectivity index is 3.83. The number of carboxylic acid groups (broad SMARTS) is 2. The van der Waals surface area contributed by atoms with Crippen LogP contribution in [0.15, 0.2) is 0 Å². The molecule has 0 aromatic carbocycles. The quantitative estimate of drug-likeness (QED) is 0.0415. The number of hydrogen-bond donors (Lipinski definition) is 4. The summed E-state index contributed by atoms with van der Waals surface area (Å²) in [7, 11) is 0. The lowest BCUT2D eigenvalue weighted by molar-refractivity contribution is -0.144. The molecule has 0 aliphatic carbocycles. The van der Waals surface area contributed by atoms with Crippen molar-refractivity contribution in [2.75, 3.05) is 65.9 Å². The summed E-state index contributed by atoms with van der Waals surface area (Å²) in [6, 6.07) is 0. The summed E-state index contributed by atoms with van der Waals surface area (Å²) in [5.41, 5.74) is -0.461. The molecule has 0 aliphatic heterocycles. The lowest BCUT2D eigenvalue weighted by atomic mass is 9.83. The Labute approximate surface area is 431 Å². The summed E-state index contributed by atoms with van der Waals surface area (Å²) < 4.78 is 21.6. The van der Waals surface area contributed by atoms with Gasteiger partial charge in [-0.05, 0) is 58.3 Å². The van der Waals surface area contributed by atoms with E-state index in [1.807, 2.05) is 20.8 Å². The summed E-state index contributed by atoms with van der Waals surface area (Å²) in [4.78, 5) is 108.